The van der Waals surface area contributed by atoms with Crippen LogP contribution in [-0.2, 0) is 38.1 Å². The van der Waals surface area contributed by atoms with Crippen molar-refractivity contribution in [3.63, 3.8) is 0 Å². The molecule has 24 heavy (non-hydrogen) atoms. The first kappa shape index (κ1) is 19.8. The molecule has 0 bridgehead atoms. The van der Waals surface area contributed by atoms with Gasteiger partial charge in [0.1, 0.15) is 18.8 Å². The summed E-state index contributed by atoms with van der Waals surface area (Å²) >= 11 is 0. The molecule has 2 N–H and O–H groups in total. The zero-order valence-corrected chi connectivity index (χ0v) is 13.8. The van der Waals surface area contributed by atoms with E-state index in [-0.39, 0.29) is 6.61 Å². The van der Waals surface area contributed by atoms with Crippen molar-refractivity contribution in [1.82, 2.24) is 5.32 Å². The fraction of sp³-hybridized carbons (Fsp3) is 0.714. The van der Waals surface area contributed by atoms with Crippen LogP contribution >= 0.6 is 0 Å². The molecule has 0 radical (unpaired) electrons. The van der Waals surface area contributed by atoms with Gasteiger partial charge in [0.25, 0.3) is 0 Å². The summed E-state index contributed by atoms with van der Waals surface area (Å²) in [6.07, 6.45) is -4.91. The highest BCUT2D eigenvalue weighted by atomic mass is 16.7. The van der Waals surface area contributed by atoms with E-state index in [1.165, 1.54) is 13.8 Å². The van der Waals surface area contributed by atoms with Gasteiger partial charge in [-0.05, 0) is 0 Å². The second-order valence-corrected chi connectivity index (χ2v) is 5.24. The van der Waals surface area contributed by atoms with Gasteiger partial charge in [0.15, 0.2) is 18.5 Å². The monoisotopic (exact) mass is 347 g/mol. The molecule has 10 nitrogen and oxygen atoms in total. The Bertz CT molecular complexity index is 506. The molecule has 0 aromatic heterocycles. The molecule has 1 rings (SSSR count). The molecule has 0 aliphatic carbocycles. The van der Waals surface area contributed by atoms with Gasteiger partial charge in [0, 0.05) is 27.7 Å². The maximum Gasteiger partial charge on any atom is 0.303 e. The summed E-state index contributed by atoms with van der Waals surface area (Å²) < 4.78 is 20.2. The molecule has 5 atom stereocenters. The number of esters is 3. The number of hydrogen-bond donors (Lipinski definition) is 2. The van der Waals surface area contributed by atoms with Gasteiger partial charge < -0.3 is 29.4 Å². The standard InChI is InChI=1S/C14H21NO9/c1-6(16)15-11-13(23-9(4)19)12(24-14(11)20)10(22-8(3)18)5-21-7(2)17/h10-14,20H,5H2,1-4H3,(H,15,16). The largest absolute Gasteiger partial charge is 0.462 e. The van der Waals surface area contributed by atoms with Crippen LogP contribution in [-0.4, -0.2) is 66.2 Å². The summed E-state index contributed by atoms with van der Waals surface area (Å²) in [6.45, 7) is 4.29. The lowest BCUT2D eigenvalue weighted by Gasteiger charge is -2.27. The first-order valence-corrected chi connectivity index (χ1v) is 7.20. The second kappa shape index (κ2) is 8.60. The van der Waals surface area contributed by atoms with E-state index < -0.39 is 54.5 Å². The highest BCUT2D eigenvalue weighted by Crippen LogP contribution is 2.27. The van der Waals surface area contributed by atoms with Crippen molar-refractivity contribution in [3.05, 3.63) is 0 Å². The lowest BCUT2D eigenvalue weighted by molar-refractivity contribution is -0.182. The van der Waals surface area contributed by atoms with Crippen molar-refractivity contribution in [1.29, 1.82) is 0 Å². The second-order valence-electron chi connectivity index (χ2n) is 5.24. The van der Waals surface area contributed by atoms with E-state index in [1.54, 1.807) is 0 Å². The molecule has 1 aliphatic rings. The van der Waals surface area contributed by atoms with Crippen LogP contribution in [0.2, 0.25) is 0 Å². The normalized spacial score (nSPS) is 27.0. The number of aliphatic hydroxyl groups excluding tert-OH is 1. The number of amides is 1. The van der Waals surface area contributed by atoms with Crippen LogP contribution < -0.4 is 5.32 Å². The molecule has 0 aromatic carbocycles. The number of carbonyl (C=O) groups excluding carboxylic acids is 4. The Morgan fingerprint density at radius 3 is 2.17 bits per heavy atom. The molecular formula is C14H21NO9. The number of ether oxygens (including phenoxy) is 4. The molecule has 1 amide bonds. The summed E-state index contributed by atoms with van der Waals surface area (Å²) in [5, 5.41) is 12.4. The molecule has 1 fully saturated rings. The van der Waals surface area contributed by atoms with Crippen LogP contribution in [0.3, 0.4) is 0 Å². The van der Waals surface area contributed by atoms with E-state index in [0.29, 0.717) is 0 Å². The van der Waals surface area contributed by atoms with Crippen molar-refractivity contribution in [2.45, 2.75) is 58.3 Å². The number of rotatable bonds is 6. The third-order valence-electron chi connectivity index (χ3n) is 3.09. The molecule has 1 saturated heterocycles. The zero-order valence-electron chi connectivity index (χ0n) is 13.8. The summed E-state index contributed by atoms with van der Waals surface area (Å²) in [6, 6.07) is -1.06. The van der Waals surface area contributed by atoms with E-state index in [1.807, 2.05) is 0 Å². The highest BCUT2D eigenvalue weighted by molar-refractivity contribution is 5.73. The van der Waals surface area contributed by atoms with Crippen LogP contribution in [0, 0.1) is 0 Å². The quantitative estimate of drug-likeness (QED) is 0.440. The Kier molecular flexibility index (Phi) is 7.11. The molecule has 1 aliphatic heterocycles. The van der Waals surface area contributed by atoms with Gasteiger partial charge in [-0.15, -0.1) is 0 Å². The maximum absolute atomic E-state index is 11.3. The van der Waals surface area contributed by atoms with E-state index in [0.717, 1.165) is 13.8 Å². The zero-order chi connectivity index (χ0) is 18.4. The van der Waals surface area contributed by atoms with Gasteiger partial charge in [0.05, 0.1) is 0 Å². The fourth-order valence-corrected chi connectivity index (χ4v) is 2.32. The van der Waals surface area contributed by atoms with E-state index in [4.69, 9.17) is 18.9 Å². The lowest BCUT2D eigenvalue weighted by atomic mass is 10.0. The van der Waals surface area contributed by atoms with Crippen LogP contribution in [0.4, 0.5) is 0 Å². The molecular weight excluding hydrogens is 326 g/mol. The molecule has 5 unspecified atom stereocenters. The van der Waals surface area contributed by atoms with Crippen molar-refractivity contribution in [2.75, 3.05) is 6.61 Å². The Balaban J connectivity index is 3.03. The third kappa shape index (κ3) is 5.78. The van der Waals surface area contributed by atoms with E-state index in [2.05, 4.69) is 5.32 Å². The fourth-order valence-electron chi connectivity index (χ4n) is 2.32. The predicted octanol–water partition coefficient (Wildman–Crippen LogP) is -1.37. The summed E-state index contributed by atoms with van der Waals surface area (Å²) in [5.74, 6) is -2.47. The van der Waals surface area contributed by atoms with E-state index >= 15 is 0 Å². The highest BCUT2D eigenvalue weighted by Gasteiger charge is 2.51. The summed E-state index contributed by atoms with van der Waals surface area (Å²) in [4.78, 5) is 44.9. The molecule has 1 heterocycles. The maximum atomic E-state index is 11.3. The van der Waals surface area contributed by atoms with Crippen LogP contribution in [0.1, 0.15) is 27.7 Å². The summed E-state index contributed by atoms with van der Waals surface area (Å²) in [7, 11) is 0. The van der Waals surface area contributed by atoms with Gasteiger partial charge in [-0.1, -0.05) is 0 Å². The third-order valence-corrected chi connectivity index (χ3v) is 3.09. The minimum absolute atomic E-state index is 0.364. The Morgan fingerprint density at radius 2 is 1.71 bits per heavy atom. The molecule has 0 aromatic rings. The van der Waals surface area contributed by atoms with Crippen molar-refractivity contribution in [2.24, 2.45) is 0 Å². The van der Waals surface area contributed by atoms with Crippen molar-refractivity contribution in [3.8, 4) is 0 Å². The van der Waals surface area contributed by atoms with Gasteiger partial charge in [-0.3, -0.25) is 19.2 Å². The minimum Gasteiger partial charge on any atom is -0.462 e. The minimum atomic E-state index is -1.50. The van der Waals surface area contributed by atoms with Gasteiger partial charge in [-0.25, -0.2) is 0 Å². The number of carbonyl (C=O) groups is 4. The van der Waals surface area contributed by atoms with Crippen LogP contribution in [0.15, 0.2) is 0 Å². The first-order chi connectivity index (χ1) is 11.1. The van der Waals surface area contributed by atoms with Crippen LogP contribution in [0.5, 0.6) is 0 Å². The van der Waals surface area contributed by atoms with Crippen LogP contribution in [0.25, 0.3) is 0 Å². The van der Waals surface area contributed by atoms with Gasteiger partial charge >= 0.3 is 17.9 Å². The lowest BCUT2D eigenvalue weighted by Crippen LogP contribution is -2.51. The van der Waals surface area contributed by atoms with Crippen molar-refractivity contribution < 1.29 is 43.2 Å². The molecule has 10 heteroatoms. The predicted molar refractivity (Wildman–Crippen MR) is 76.2 cm³/mol. The first-order valence-electron chi connectivity index (χ1n) is 7.20. The average Bonchev–Trinajstić information content (AvgIpc) is 2.70. The smallest absolute Gasteiger partial charge is 0.303 e. The molecule has 136 valence electrons. The Hall–Kier alpha value is -2.20. The van der Waals surface area contributed by atoms with E-state index in [9.17, 15) is 24.3 Å². The van der Waals surface area contributed by atoms with Gasteiger partial charge in [-0.2, -0.15) is 0 Å². The average molecular weight is 347 g/mol. The molecule has 0 spiro atoms. The number of hydrogen-bond acceptors (Lipinski definition) is 9. The molecule has 0 saturated carbocycles. The SMILES string of the molecule is CC(=O)NC1C(O)OC(C(COC(C)=O)OC(C)=O)C1OC(C)=O. The van der Waals surface area contributed by atoms with Gasteiger partial charge in [0.2, 0.25) is 5.91 Å². The van der Waals surface area contributed by atoms with Crippen molar-refractivity contribution >= 4 is 23.8 Å². The summed E-state index contributed by atoms with van der Waals surface area (Å²) in [5.41, 5.74) is 0. The topological polar surface area (TPSA) is 137 Å². The number of aliphatic hydroxyl groups is 1. The Labute approximate surface area is 138 Å². The number of nitrogens with one attached hydrogen (secondary N) is 1. The Morgan fingerprint density at radius 1 is 1.08 bits per heavy atom.